The first kappa shape index (κ1) is 21.9. The minimum atomic E-state index is -3.39. The van der Waals surface area contributed by atoms with Crippen LogP contribution in [0.15, 0.2) is 41.6 Å². The molecule has 2 saturated heterocycles. The summed E-state index contributed by atoms with van der Waals surface area (Å²) in [5, 5.41) is 0.00379. The largest absolute Gasteiger partial charge is 0.334 e. The van der Waals surface area contributed by atoms with Gasteiger partial charge in [-0.25, -0.2) is 17.8 Å². The maximum absolute atomic E-state index is 14.9. The molecule has 0 N–H and O–H groups in total. The lowest BCUT2D eigenvalue weighted by Gasteiger charge is -2.28. The topological polar surface area (TPSA) is 70.6 Å². The molecular weight excluding hydrogens is 417 g/mol. The van der Waals surface area contributed by atoms with E-state index in [-0.39, 0.29) is 28.3 Å². The minimum Gasteiger partial charge on any atom is -0.334 e. The monoisotopic (exact) mass is 445 g/mol. The van der Waals surface area contributed by atoms with E-state index in [0.717, 1.165) is 32.5 Å². The van der Waals surface area contributed by atoms with E-state index in [1.165, 1.54) is 37.2 Å². The lowest BCUT2D eigenvalue weighted by molar-refractivity contribution is 0.0704. The van der Waals surface area contributed by atoms with Crippen LogP contribution in [-0.4, -0.2) is 67.1 Å². The lowest BCUT2D eigenvalue weighted by Crippen LogP contribution is -2.42. The first-order valence-corrected chi connectivity index (χ1v) is 12.6. The summed E-state index contributed by atoms with van der Waals surface area (Å²) in [4.78, 5) is 21.3. The molecule has 0 bridgehead atoms. The number of nitrogens with zero attached hydrogens (tertiary/aromatic N) is 3. The highest BCUT2D eigenvalue weighted by Gasteiger charge is 2.32. The fraction of sp³-hybridized carbons (Fsp3) is 0.478. The van der Waals surface area contributed by atoms with Gasteiger partial charge in [-0.15, -0.1) is 0 Å². The Morgan fingerprint density at radius 2 is 1.84 bits per heavy atom. The van der Waals surface area contributed by atoms with Crippen molar-refractivity contribution in [2.45, 2.75) is 43.7 Å². The summed E-state index contributed by atoms with van der Waals surface area (Å²) >= 11 is 0. The maximum atomic E-state index is 14.9. The number of sulfone groups is 1. The van der Waals surface area contributed by atoms with Crippen LogP contribution in [0.4, 0.5) is 4.39 Å². The van der Waals surface area contributed by atoms with Gasteiger partial charge in [0.05, 0.1) is 11.3 Å². The molecule has 0 saturated carbocycles. The van der Waals surface area contributed by atoms with Crippen molar-refractivity contribution in [3.63, 3.8) is 0 Å². The molecule has 2 aliphatic rings. The van der Waals surface area contributed by atoms with Gasteiger partial charge in [0.1, 0.15) is 5.82 Å². The summed E-state index contributed by atoms with van der Waals surface area (Å²) in [6.07, 6.45) is 5.74. The minimum absolute atomic E-state index is 0.00379. The molecule has 8 heteroatoms. The Hall–Kier alpha value is -2.32. The number of pyridine rings is 1. The van der Waals surface area contributed by atoms with Gasteiger partial charge in [0.25, 0.3) is 5.91 Å². The zero-order valence-corrected chi connectivity index (χ0v) is 18.6. The number of amides is 1. The molecule has 1 unspecified atom stereocenters. The molecule has 1 aromatic heterocycles. The predicted octanol–water partition coefficient (Wildman–Crippen LogP) is 3.38. The summed E-state index contributed by atoms with van der Waals surface area (Å²) in [5.74, 6) is -0.854. The third-order valence-corrected chi connectivity index (χ3v) is 7.91. The SMILES string of the molecule is CCS(=O)(=O)c1ccc(-c2ccc(C(=O)N3CCCC3CN3CCCC3)c(F)c2)cn1. The van der Waals surface area contributed by atoms with Gasteiger partial charge in [-0.2, -0.15) is 0 Å². The van der Waals surface area contributed by atoms with E-state index in [2.05, 4.69) is 9.88 Å². The van der Waals surface area contributed by atoms with Crippen molar-refractivity contribution in [2.75, 3.05) is 31.9 Å². The van der Waals surface area contributed by atoms with Crippen LogP contribution in [0.25, 0.3) is 11.1 Å². The molecular formula is C23H28FN3O3S. The molecule has 0 aliphatic carbocycles. The van der Waals surface area contributed by atoms with E-state index in [9.17, 15) is 17.6 Å². The van der Waals surface area contributed by atoms with E-state index in [0.29, 0.717) is 17.7 Å². The highest BCUT2D eigenvalue weighted by Crippen LogP contribution is 2.26. The second-order valence-corrected chi connectivity index (χ2v) is 10.5. The van der Waals surface area contributed by atoms with Gasteiger partial charge in [-0.3, -0.25) is 4.79 Å². The standard InChI is InChI=1S/C23H28FN3O3S/c1-2-31(29,30)22-10-8-18(15-25-22)17-7-9-20(21(24)14-17)23(28)27-13-5-6-19(27)16-26-11-3-4-12-26/h7-10,14-15,19H,2-6,11-13,16H2,1H3. The van der Waals surface area contributed by atoms with Crippen LogP contribution >= 0.6 is 0 Å². The number of likely N-dealkylation sites (tertiary alicyclic amines) is 2. The Morgan fingerprint density at radius 1 is 1.10 bits per heavy atom. The number of aromatic nitrogens is 1. The summed E-state index contributed by atoms with van der Waals surface area (Å²) in [6, 6.07) is 7.71. The van der Waals surface area contributed by atoms with Gasteiger partial charge < -0.3 is 9.80 Å². The van der Waals surface area contributed by atoms with Crippen LogP contribution in [0.5, 0.6) is 0 Å². The van der Waals surface area contributed by atoms with Gasteiger partial charge in [-0.1, -0.05) is 13.0 Å². The van der Waals surface area contributed by atoms with Crippen LogP contribution < -0.4 is 0 Å². The van der Waals surface area contributed by atoms with Gasteiger partial charge in [0, 0.05) is 30.9 Å². The summed E-state index contributed by atoms with van der Waals surface area (Å²) in [5.41, 5.74) is 1.23. The quantitative estimate of drug-likeness (QED) is 0.682. The molecule has 2 aliphatic heterocycles. The maximum Gasteiger partial charge on any atom is 0.257 e. The number of hydrogen-bond acceptors (Lipinski definition) is 5. The zero-order chi connectivity index (χ0) is 22.0. The van der Waals surface area contributed by atoms with Gasteiger partial charge >= 0.3 is 0 Å². The molecule has 3 heterocycles. The number of rotatable bonds is 6. The highest BCUT2D eigenvalue weighted by atomic mass is 32.2. The van der Waals surface area contributed by atoms with Crippen LogP contribution in [0.3, 0.4) is 0 Å². The summed E-state index contributed by atoms with van der Waals surface area (Å²) in [6.45, 7) is 5.24. The van der Waals surface area contributed by atoms with Crippen LogP contribution in [0, 0.1) is 5.82 Å². The Morgan fingerprint density at radius 3 is 2.48 bits per heavy atom. The smallest absolute Gasteiger partial charge is 0.257 e. The number of halogens is 1. The van der Waals surface area contributed by atoms with E-state index >= 15 is 0 Å². The molecule has 1 atom stereocenters. The first-order valence-electron chi connectivity index (χ1n) is 10.9. The van der Waals surface area contributed by atoms with Crippen LogP contribution in [-0.2, 0) is 9.84 Å². The number of benzene rings is 1. The molecule has 4 rings (SSSR count). The Bertz CT molecular complexity index is 1050. The van der Waals surface area contributed by atoms with Gasteiger partial charge in [0.2, 0.25) is 0 Å². The fourth-order valence-corrected chi connectivity index (χ4v) is 5.25. The van der Waals surface area contributed by atoms with Gasteiger partial charge in [-0.05, 0) is 68.6 Å². The van der Waals surface area contributed by atoms with Crippen molar-refractivity contribution in [3.05, 3.63) is 47.9 Å². The van der Waals surface area contributed by atoms with E-state index < -0.39 is 15.7 Å². The zero-order valence-electron chi connectivity index (χ0n) is 17.8. The molecule has 6 nitrogen and oxygen atoms in total. The Kier molecular flexibility index (Phi) is 6.39. The Balaban J connectivity index is 1.51. The van der Waals surface area contributed by atoms with E-state index in [4.69, 9.17) is 0 Å². The predicted molar refractivity (Wildman–Crippen MR) is 117 cm³/mol. The summed E-state index contributed by atoms with van der Waals surface area (Å²) in [7, 11) is -3.39. The molecule has 166 valence electrons. The first-order chi connectivity index (χ1) is 14.9. The Labute approximate surface area is 183 Å². The average molecular weight is 446 g/mol. The molecule has 31 heavy (non-hydrogen) atoms. The fourth-order valence-electron chi connectivity index (χ4n) is 4.46. The molecule has 1 amide bonds. The second kappa shape index (κ2) is 9.04. The van der Waals surface area contributed by atoms with Crippen molar-refractivity contribution in [1.82, 2.24) is 14.8 Å². The van der Waals surface area contributed by atoms with Gasteiger partial charge in [0.15, 0.2) is 14.9 Å². The van der Waals surface area contributed by atoms with E-state index in [1.54, 1.807) is 19.1 Å². The van der Waals surface area contributed by atoms with Crippen molar-refractivity contribution in [2.24, 2.45) is 0 Å². The average Bonchev–Trinajstić information content (AvgIpc) is 3.46. The normalized spacial score (nSPS) is 19.8. The van der Waals surface area contributed by atoms with Crippen molar-refractivity contribution < 1.29 is 17.6 Å². The third-order valence-electron chi connectivity index (χ3n) is 6.27. The van der Waals surface area contributed by atoms with E-state index in [1.807, 2.05) is 4.90 Å². The molecule has 0 spiro atoms. The molecule has 1 aromatic carbocycles. The van der Waals surface area contributed by atoms with Crippen molar-refractivity contribution >= 4 is 15.7 Å². The molecule has 2 fully saturated rings. The molecule has 2 aromatic rings. The van der Waals surface area contributed by atoms with Crippen molar-refractivity contribution in [1.29, 1.82) is 0 Å². The van der Waals surface area contributed by atoms with Crippen LogP contribution in [0.1, 0.15) is 43.0 Å². The lowest BCUT2D eigenvalue weighted by atomic mass is 10.0. The number of hydrogen-bond donors (Lipinski definition) is 0. The number of carbonyl (C=O) groups excluding carboxylic acids is 1. The number of carbonyl (C=O) groups is 1. The second-order valence-electron chi connectivity index (χ2n) is 8.29. The highest BCUT2D eigenvalue weighted by molar-refractivity contribution is 7.91. The third kappa shape index (κ3) is 4.65. The molecule has 0 radical (unpaired) electrons. The summed E-state index contributed by atoms with van der Waals surface area (Å²) < 4.78 is 38.8. The van der Waals surface area contributed by atoms with Crippen molar-refractivity contribution in [3.8, 4) is 11.1 Å². The van der Waals surface area contributed by atoms with Crippen LogP contribution in [0.2, 0.25) is 0 Å².